The molecule has 0 aliphatic rings. The minimum Gasteiger partial charge on any atom is -0.309 e. The lowest BCUT2D eigenvalue weighted by Gasteiger charge is -2.19. The van der Waals surface area contributed by atoms with Gasteiger partial charge in [0.1, 0.15) is 0 Å². The summed E-state index contributed by atoms with van der Waals surface area (Å²) in [6.45, 7) is 0. The van der Waals surface area contributed by atoms with E-state index in [0.29, 0.717) is 0 Å². The summed E-state index contributed by atoms with van der Waals surface area (Å²) >= 11 is 0. The summed E-state index contributed by atoms with van der Waals surface area (Å²) in [6.07, 6.45) is 4.39. The highest BCUT2D eigenvalue weighted by Gasteiger charge is 2.20. The topological polar surface area (TPSA) is 9.86 Å². The molecule has 0 N–H and O–H groups in total. The van der Waals surface area contributed by atoms with Gasteiger partial charge in [0.15, 0.2) is 0 Å². The van der Waals surface area contributed by atoms with Crippen LogP contribution in [0.4, 0.5) is 0 Å². The first kappa shape index (κ1) is 37.8. The SMILES string of the molecule is C(=Cc1cccc(-c2ccc3c(-c4ccc(-n5c6ccccc6c6ccccc65)cc4)c4ccccc4c(-c4ccc(-n5c6ccccc6c6ccccc65)cc4)c3c2)c1)c1ccccc1. The van der Waals surface area contributed by atoms with E-state index in [-0.39, 0.29) is 0 Å². The molecule has 0 bridgehead atoms. The maximum absolute atomic E-state index is 2.42. The van der Waals surface area contributed by atoms with E-state index < -0.39 is 0 Å². The molecule has 0 saturated carbocycles. The van der Waals surface area contributed by atoms with Gasteiger partial charge in [-0.15, -0.1) is 0 Å². The van der Waals surface area contributed by atoms with Crippen LogP contribution in [0, 0.1) is 0 Å². The maximum Gasteiger partial charge on any atom is 0.0541 e. The Labute approximate surface area is 383 Å². The monoisotopic (exact) mass is 838 g/mol. The largest absolute Gasteiger partial charge is 0.309 e. The highest BCUT2D eigenvalue weighted by Crippen LogP contribution is 2.46. The molecule has 13 rings (SSSR count). The van der Waals surface area contributed by atoms with Crippen LogP contribution in [0.1, 0.15) is 11.1 Å². The lowest BCUT2D eigenvalue weighted by molar-refractivity contribution is 1.18. The number of aromatic nitrogens is 2. The Morgan fingerprint density at radius 2 is 0.591 bits per heavy atom. The van der Waals surface area contributed by atoms with Crippen LogP contribution >= 0.6 is 0 Å². The highest BCUT2D eigenvalue weighted by atomic mass is 15.0. The Kier molecular flexibility index (Phi) is 8.89. The van der Waals surface area contributed by atoms with Crippen LogP contribution in [-0.2, 0) is 0 Å². The third-order valence-electron chi connectivity index (χ3n) is 13.5. The van der Waals surface area contributed by atoms with E-state index in [0.717, 1.165) is 11.4 Å². The quantitative estimate of drug-likeness (QED) is 0.112. The zero-order chi connectivity index (χ0) is 43.6. The molecule has 0 aliphatic heterocycles. The summed E-state index contributed by atoms with van der Waals surface area (Å²) in [5.74, 6) is 0. The third kappa shape index (κ3) is 6.18. The first-order chi connectivity index (χ1) is 32.7. The molecule has 0 spiro atoms. The van der Waals surface area contributed by atoms with Gasteiger partial charge in [0, 0.05) is 32.9 Å². The van der Waals surface area contributed by atoms with Gasteiger partial charge in [-0.3, -0.25) is 0 Å². The molecule has 0 unspecified atom stereocenters. The molecule has 2 nitrogen and oxygen atoms in total. The Bertz CT molecular complexity index is 3910. The molecule has 2 heterocycles. The molecule has 0 saturated heterocycles. The summed E-state index contributed by atoms with van der Waals surface area (Å²) < 4.78 is 4.79. The van der Waals surface area contributed by atoms with Crippen molar-refractivity contribution in [2.45, 2.75) is 0 Å². The van der Waals surface area contributed by atoms with E-state index >= 15 is 0 Å². The van der Waals surface area contributed by atoms with Gasteiger partial charge in [0.2, 0.25) is 0 Å². The summed E-state index contributed by atoms with van der Waals surface area (Å²) in [7, 11) is 0. The number of hydrogen-bond acceptors (Lipinski definition) is 0. The van der Waals surface area contributed by atoms with E-state index in [4.69, 9.17) is 0 Å². The van der Waals surface area contributed by atoms with Gasteiger partial charge in [0.25, 0.3) is 0 Å². The van der Waals surface area contributed by atoms with Crippen molar-refractivity contribution in [3.8, 4) is 44.8 Å². The first-order valence-corrected chi connectivity index (χ1v) is 22.8. The Morgan fingerprint density at radius 3 is 1.09 bits per heavy atom. The predicted molar refractivity (Wildman–Crippen MR) is 282 cm³/mol. The summed E-state index contributed by atoms with van der Waals surface area (Å²) in [6, 6.07) is 88.8. The molecule has 308 valence electrons. The van der Waals surface area contributed by atoms with E-state index in [1.165, 1.54) is 110 Å². The minimum absolute atomic E-state index is 1.14. The lowest BCUT2D eigenvalue weighted by Crippen LogP contribution is -1.95. The smallest absolute Gasteiger partial charge is 0.0541 e. The van der Waals surface area contributed by atoms with Crippen molar-refractivity contribution >= 4 is 77.3 Å². The molecular weight excluding hydrogens is 797 g/mol. The van der Waals surface area contributed by atoms with E-state index in [2.05, 4.69) is 264 Å². The van der Waals surface area contributed by atoms with E-state index in [1.54, 1.807) is 0 Å². The van der Waals surface area contributed by atoms with Crippen LogP contribution in [0.3, 0.4) is 0 Å². The molecule has 0 aliphatic carbocycles. The molecule has 0 atom stereocenters. The fraction of sp³-hybridized carbons (Fsp3) is 0. The zero-order valence-electron chi connectivity index (χ0n) is 36.1. The Morgan fingerprint density at radius 1 is 0.227 bits per heavy atom. The van der Waals surface area contributed by atoms with Gasteiger partial charge in [-0.1, -0.05) is 194 Å². The summed E-state index contributed by atoms with van der Waals surface area (Å²) in [5.41, 5.74) is 16.7. The number of nitrogens with zero attached hydrogens (tertiary/aromatic N) is 2. The van der Waals surface area contributed by atoms with Crippen LogP contribution in [0.2, 0.25) is 0 Å². The fourth-order valence-corrected chi connectivity index (χ4v) is 10.5. The molecule has 0 fully saturated rings. The van der Waals surface area contributed by atoms with Crippen LogP contribution < -0.4 is 0 Å². The average molecular weight is 839 g/mol. The van der Waals surface area contributed by atoms with Crippen molar-refractivity contribution in [2.75, 3.05) is 0 Å². The fourth-order valence-electron chi connectivity index (χ4n) is 10.5. The van der Waals surface area contributed by atoms with Crippen LogP contribution in [0.5, 0.6) is 0 Å². The summed E-state index contributed by atoms with van der Waals surface area (Å²) in [5, 5.41) is 9.97. The van der Waals surface area contributed by atoms with Gasteiger partial charge in [-0.25, -0.2) is 0 Å². The van der Waals surface area contributed by atoms with E-state index in [1.807, 2.05) is 0 Å². The van der Waals surface area contributed by atoms with Crippen molar-refractivity contribution in [3.05, 3.63) is 254 Å². The third-order valence-corrected chi connectivity index (χ3v) is 13.5. The molecule has 0 amide bonds. The second-order valence-corrected chi connectivity index (χ2v) is 17.3. The van der Waals surface area contributed by atoms with Gasteiger partial charge in [0.05, 0.1) is 22.1 Å². The van der Waals surface area contributed by atoms with Gasteiger partial charge in [-0.05, 0) is 127 Å². The van der Waals surface area contributed by atoms with Gasteiger partial charge < -0.3 is 9.13 Å². The Hall–Kier alpha value is -8.72. The van der Waals surface area contributed by atoms with Crippen molar-refractivity contribution in [1.29, 1.82) is 0 Å². The maximum atomic E-state index is 2.42. The molecular formula is C64H42N2. The lowest BCUT2D eigenvalue weighted by atomic mass is 9.84. The average Bonchev–Trinajstić information content (AvgIpc) is 3.91. The second-order valence-electron chi connectivity index (χ2n) is 17.3. The van der Waals surface area contributed by atoms with Crippen molar-refractivity contribution in [1.82, 2.24) is 9.13 Å². The summed E-state index contributed by atoms with van der Waals surface area (Å²) in [4.78, 5) is 0. The predicted octanol–water partition coefficient (Wildman–Crippen LogP) is 17.4. The highest BCUT2D eigenvalue weighted by molar-refractivity contribution is 6.22. The first-order valence-electron chi connectivity index (χ1n) is 22.8. The Balaban J connectivity index is 1.00. The molecule has 66 heavy (non-hydrogen) atoms. The van der Waals surface area contributed by atoms with E-state index in [9.17, 15) is 0 Å². The van der Waals surface area contributed by atoms with Crippen LogP contribution in [0.25, 0.3) is 122 Å². The second kappa shape index (κ2) is 15.5. The molecule has 11 aromatic carbocycles. The molecule has 2 heteroatoms. The van der Waals surface area contributed by atoms with Gasteiger partial charge in [-0.2, -0.15) is 0 Å². The van der Waals surface area contributed by atoms with Crippen molar-refractivity contribution in [2.24, 2.45) is 0 Å². The molecule has 0 radical (unpaired) electrons. The van der Waals surface area contributed by atoms with Gasteiger partial charge >= 0.3 is 0 Å². The number of fused-ring (bicyclic) bond motifs is 8. The number of hydrogen-bond donors (Lipinski definition) is 0. The minimum atomic E-state index is 1.14. The zero-order valence-corrected chi connectivity index (χ0v) is 36.1. The van der Waals surface area contributed by atoms with Crippen molar-refractivity contribution < 1.29 is 0 Å². The molecule has 2 aromatic heterocycles. The van der Waals surface area contributed by atoms with Crippen LogP contribution in [0.15, 0.2) is 243 Å². The normalized spacial score (nSPS) is 11.9. The van der Waals surface area contributed by atoms with Crippen molar-refractivity contribution in [3.63, 3.8) is 0 Å². The standard InChI is InChI=1S/C64H42N2/c1-2-15-43(16-3-1)29-30-44-17-14-18-47(41-44)48-35-40-57-58(42-48)64(46-33-38-50(39-34-46)66-61-27-12-8-21-53(61)54-22-9-13-28-62(54)66)56-24-5-4-23-55(56)63(57)45-31-36-49(37-32-45)65-59-25-10-6-19-51(59)52-20-7-11-26-60(52)65/h1-42H. The number of benzene rings is 11. The molecule has 13 aromatic rings. The van der Waals surface area contributed by atoms with Crippen LogP contribution in [-0.4, -0.2) is 9.13 Å². The number of rotatable bonds is 7. The number of para-hydroxylation sites is 4.